The maximum absolute atomic E-state index is 13.7. The van der Waals surface area contributed by atoms with Gasteiger partial charge in [0.2, 0.25) is 17.7 Å². The Morgan fingerprint density at radius 3 is 2.07 bits per heavy atom. The number of ketones is 2. The van der Waals surface area contributed by atoms with Gasteiger partial charge in [-0.15, -0.1) is 5.10 Å². The molecule has 0 spiro atoms. The number of hydrogen-bond donors (Lipinski definition) is 3. The SMILES string of the molecule is Cc1nc2cccc(NC(=O)OCc3cn(CC(=O)Nc4cccc5nc(C)n(C6CCC(=O)NC6=O)c(=O)c45)nn3)c2c(=O)n1C1CCC(=O)CC1=O. The molecule has 1 aliphatic heterocycles. The molecule has 7 rings (SSSR count). The number of rotatable bonds is 8. The molecule has 2 fully saturated rings. The van der Waals surface area contributed by atoms with Crippen LogP contribution in [0, 0.1) is 13.8 Å². The number of amides is 4. The van der Waals surface area contributed by atoms with Gasteiger partial charge in [-0.3, -0.25) is 53.3 Å². The van der Waals surface area contributed by atoms with Crippen LogP contribution in [0.5, 0.6) is 0 Å². The highest BCUT2D eigenvalue weighted by Gasteiger charge is 2.32. The highest BCUT2D eigenvalue weighted by molar-refractivity contribution is 6.04. The Labute approximate surface area is 303 Å². The second kappa shape index (κ2) is 14.2. The van der Waals surface area contributed by atoms with Crippen LogP contribution in [-0.4, -0.2) is 69.5 Å². The lowest BCUT2D eigenvalue weighted by atomic mass is 9.92. The average Bonchev–Trinajstić information content (AvgIpc) is 3.55. The first-order chi connectivity index (χ1) is 25.9. The average molecular weight is 737 g/mol. The van der Waals surface area contributed by atoms with Crippen molar-refractivity contribution in [2.24, 2.45) is 0 Å². The molecule has 4 heterocycles. The minimum Gasteiger partial charge on any atom is -0.443 e. The molecule has 1 saturated carbocycles. The molecule has 276 valence electrons. The van der Waals surface area contributed by atoms with E-state index in [4.69, 9.17) is 4.74 Å². The van der Waals surface area contributed by atoms with Crippen molar-refractivity contribution >= 4 is 68.6 Å². The van der Waals surface area contributed by atoms with E-state index in [1.54, 1.807) is 38.1 Å². The number of carbonyl (C=O) groups excluding carboxylic acids is 6. The lowest BCUT2D eigenvalue weighted by Crippen LogP contribution is -2.45. The number of ether oxygens (including phenoxy) is 1. The van der Waals surface area contributed by atoms with E-state index in [9.17, 15) is 38.4 Å². The normalized spacial score (nSPS) is 17.4. The van der Waals surface area contributed by atoms with Crippen LogP contribution in [-0.2, 0) is 41.9 Å². The molecule has 3 N–H and O–H groups in total. The van der Waals surface area contributed by atoms with Gasteiger partial charge in [0.05, 0.1) is 51.8 Å². The molecule has 3 aromatic heterocycles. The smallest absolute Gasteiger partial charge is 0.412 e. The Morgan fingerprint density at radius 1 is 0.833 bits per heavy atom. The van der Waals surface area contributed by atoms with Crippen molar-refractivity contribution in [1.82, 2.24) is 39.4 Å². The summed E-state index contributed by atoms with van der Waals surface area (Å²) in [6.45, 7) is 2.50. The second-order valence-electron chi connectivity index (χ2n) is 12.9. The predicted octanol–water partition coefficient (Wildman–Crippen LogP) is 1.54. The van der Waals surface area contributed by atoms with E-state index in [1.807, 2.05) is 0 Å². The quantitative estimate of drug-likeness (QED) is 0.151. The molecule has 4 amide bonds. The van der Waals surface area contributed by atoms with Crippen molar-refractivity contribution in [3.8, 4) is 0 Å². The molecule has 5 aromatic rings. The van der Waals surface area contributed by atoms with Gasteiger partial charge in [0, 0.05) is 12.8 Å². The Bertz CT molecular complexity index is 2550. The monoisotopic (exact) mass is 736 g/mol. The van der Waals surface area contributed by atoms with Crippen LogP contribution in [0.3, 0.4) is 0 Å². The summed E-state index contributed by atoms with van der Waals surface area (Å²) in [5.74, 6) is -1.58. The van der Waals surface area contributed by atoms with Gasteiger partial charge in [0.25, 0.3) is 11.1 Å². The van der Waals surface area contributed by atoms with Gasteiger partial charge in [-0.1, -0.05) is 17.3 Å². The third-order valence-electron chi connectivity index (χ3n) is 9.24. The van der Waals surface area contributed by atoms with Crippen LogP contribution in [0.2, 0.25) is 0 Å². The van der Waals surface area contributed by atoms with Crippen molar-refractivity contribution in [2.45, 2.75) is 71.2 Å². The van der Waals surface area contributed by atoms with E-state index < -0.39 is 47.0 Å². The summed E-state index contributed by atoms with van der Waals surface area (Å²) in [5, 5.41) is 15.5. The van der Waals surface area contributed by atoms with Crippen molar-refractivity contribution in [3.63, 3.8) is 0 Å². The summed E-state index contributed by atoms with van der Waals surface area (Å²) in [4.78, 5) is 111. The Morgan fingerprint density at radius 2 is 1.44 bits per heavy atom. The molecule has 2 unspecified atom stereocenters. The minimum atomic E-state index is -0.940. The summed E-state index contributed by atoms with van der Waals surface area (Å²) < 4.78 is 8.98. The predicted molar refractivity (Wildman–Crippen MR) is 188 cm³/mol. The maximum atomic E-state index is 13.7. The van der Waals surface area contributed by atoms with Gasteiger partial charge in [0.1, 0.15) is 42.3 Å². The van der Waals surface area contributed by atoms with Crippen LogP contribution in [0.4, 0.5) is 16.2 Å². The standard InChI is InChI=1S/C35H32N10O9/c1-17-36-22-6-4-8-24(31(22)33(51)44(17)25-10-9-20(46)13-27(25)47)39-35(53)54-16-19-14-43(42-41-19)15-29(49)38-23-7-3-5-21-30(23)34(52)45(18(2)37-21)26-11-12-28(48)40-32(26)50/h3-8,14,25-26H,9-13,15-16H2,1-2H3,(H,38,49)(H,39,53)(H,40,48,50). The van der Waals surface area contributed by atoms with Gasteiger partial charge in [-0.05, 0) is 51.0 Å². The number of carbonyl (C=O) groups is 6. The van der Waals surface area contributed by atoms with E-state index in [-0.39, 0.29) is 90.5 Å². The van der Waals surface area contributed by atoms with Crippen LogP contribution >= 0.6 is 0 Å². The Balaban J connectivity index is 1.01. The third kappa shape index (κ3) is 6.85. The fourth-order valence-electron chi connectivity index (χ4n) is 6.81. The van der Waals surface area contributed by atoms with Gasteiger partial charge < -0.3 is 10.1 Å². The molecule has 1 aliphatic carbocycles. The van der Waals surface area contributed by atoms with E-state index in [0.717, 1.165) is 0 Å². The number of aryl methyl sites for hydroxylation is 2. The zero-order valence-electron chi connectivity index (χ0n) is 29.0. The molecule has 0 radical (unpaired) electrons. The molecule has 19 nitrogen and oxygen atoms in total. The van der Waals surface area contributed by atoms with Crippen molar-refractivity contribution in [1.29, 1.82) is 0 Å². The number of aromatic nitrogens is 7. The van der Waals surface area contributed by atoms with Crippen LogP contribution in [0.25, 0.3) is 21.8 Å². The van der Waals surface area contributed by atoms with Crippen LogP contribution < -0.4 is 27.1 Å². The summed E-state index contributed by atoms with van der Waals surface area (Å²) in [7, 11) is 0. The first-order valence-electron chi connectivity index (χ1n) is 16.9. The highest BCUT2D eigenvalue weighted by Crippen LogP contribution is 2.27. The fourth-order valence-corrected chi connectivity index (χ4v) is 6.81. The van der Waals surface area contributed by atoms with Gasteiger partial charge in [0.15, 0.2) is 5.78 Å². The van der Waals surface area contributed by atoms with Crippen LogP contribution in [0.15, 0.2) is 52.2 Å². The lowest BCUT2D eigenvalue weighted by molar-refractivity contribution is -0.136. The van der Waals surface area contributed by atoms with E-state index >= 15 is 0 Å². The van der Waals surface area contributed by atoms with E-state index in [2.05, 4.69) is 36.2 Å². The lowest BCUT2D eigenvalue weighted by Gasteiger charge is -2.24. The van der Waals surface area contributed by atoms with E-state index in [1.165, 1.54) is 32.1 Å². The molecule has 54 heavy (non-hydrogen) atoms. The fraction of sp³-hybridized carbons (Fsp3) is 0.314. The third-order valence-corrected chi connectivity index (χ3v) is 9.24. The Hall–Kier alpha value is -6.92. The number of hydrogen-bond acceptors (Lipinski definition) is 13. The summed E-state index contributed by atoms with van der Waals surface area (Å²) in [5.41, 5.74) is -0.0563. The number of nitrogens with zero attached hydrogens (tertiary/aromatic N) is 7. The number of fused-ring (bicyclic) bond motifs is 2. The molecule has 2 aromatic carbocycles. The van der Waals surface area contributed by atoms with Crippen LogP contribution in [0.1, 0.15) is 61.5 Å². The zero-order valence-corrected chi connectivity index (χ0v) is 29.0. The number of imide groups is 1. The van der Waals surface area contributed by atoms with Gasteiger partial charge in [-0.2, -0.15) is 0 Å². The zero-order chi connectivity index (χ0) is 38.3. The molecule has 2 aliphatic rings. The second-order valence-corrected chi connectivity index (χ2v) is 12.9. The number of anilines is 2. The number of piperidine rings is 1. The molecule has 1 saturated heterocycles. The van der Waals surface area contributed by atoms with Crippen molar-refractivity contribution in [2.75, 3.05) is 10.6 Å². The number of benzene rings is 2. The maximum Gasteiger partial charge on any atom is 0.412 e. The highest BCUT2D eigenvalue weighted by atomic mass is 16.5. The molecule has 0 bridgehead atoms. The molecular formula is C35H32N10O9. The summed E-state index contributed by atoms with van der Waals surface area (Å²) in [6, 6.07) is 7.64. The van der Waals surface area contributed by atoms with Crippen molar-refractivity contribution < 1.29 is 33.5 Å². The first kappa shape index (κ1) is 35.5. The topological polar surface area (TPSA) is 248 Å². The minimum absolute atomic E-state index is 0.0636. The largest absolute Gasteiger partial charge is 0.443 e. The number of Topliss-reactive ketones (excluding diaryl/α,β-unsaturated/α-hetero) is 2. The first-order valence-corrected chi connectivity index (χ1v) is 16.9. The Kier molecular flexibility index (Phi) is 9.36. The molecule has 19 heteroatoms. The summed E-state index contributed by atoms with van der Waals surface area (Å²) >= 11 is 0. The van der Waals surface area contributed by atoms with Gasteiger partial charge >= 0.3 is 6.09 Å². The summed E-state index contributed by atoms with van der Waals surface area (Å²) in [6.07, 6.45) is 0.736. The van der Waals surface area contributed by atoms with Crippen molar-refractivity contribution in [3.05, 3.63) is 80.6 Å². The molecular weight excluding hydrogens is 704 g/mol. The number of nitrogens with one attached hydrogen (secondary N) is 3. The van der Waals surface area contributed by atoms with E-state index in [0.29, 0.717) is 16.9 Å². The molecule has 2 atom stereocenters. The van der Waals surface area contributed by atoms with Gasteiger partial charge in [-0.25, -0.2) is 19.4 Å².